The molecule has 0 aliphatic heterocycles. The van der Waals surface area contributed by atoms with Crippen LogP contribution in [-0.2, 0) is 0 Å². The molecule has 3 N–H and O–H groups in total. The summed E-state index contributed by atoms with van der Waals surface area (Å²) in [7, 11) is 0. The molecule has 0 atom stereocenters. The molecule has 2 amide bonds. The first kappa shape index (κ1) is 24.0. The Kier molecular flexibility index (Phi) is 6.59. The lowest BCUT2D eigenvalue weighted by Crippen LogP contribution is -2.44. The third-order valence-corrected chi connectivity index (χ3v) is 6.13. The molecule has 0 saturated heterocycles. The molecule has 1 aliphatic rings. The number of halogens is 1. The van der Waals surface area contributed by atoms with Crippen molar-refractivity contribution in [1.82, 2.24) is 30.0 Å². The number of amides is 2. The number of carbonyl (C=O) groups excluding carboxylic acids is 2. The molecule has 0 spiro atoms. The number of hydrogen-bond donors (Lipinski definition) is 2. The Morgan fingerprint density at radius 2 is 1.86 bits per heavy atom. The Morgan fingerprint density at radius 1 is 1.08 bits per heavy atom. The first-order valence-electron chi connectivity index (χ1n) is 11.8. The van der Waals surface area contributed by atoms with E-state index in [0.717, 1.165) is 0 Å². The summed E-state index contributed by atoms with van der Waals surface area (Å²) in [5, 5.41) is 11.7. The van der Waals surface area contributed by atoms with Gasteiger partial charge in [-0.2, -0.15) is 0 Å². The number of nitrogens with zero attached hydrogens (tertiary/aromatic N) is 5. The maximum atomic E-state index is 14.9. The van der Waals surface area contributed by atoms with Gasteiger partial charge in [0.25, 0.3) is 11.8 Å². The van der Waals surface area contributed by atoms with Gasteiger partial charge < -0.3 is 15.8 Å². The smallest absolute Gasteiger partial charge is 0.270 e. The van der Waals surface area contributed by atoms with Crippen molar-refractivity contribution in [3.05, 3.63) is 83.8 Å². The number of para-hydroxylation sites is 1. The molecule has 0 bridgehead atoms. The van der Waals surface area contributed by atoms with Crippen molar-refractivity contribution in [2.24, 2.45) is 5.73 Å². The zero-order valence-electron chi connectivity index (χ0n) is 20.0. The second kappa shape index (κ2) is 10.1. The molecule has 5 rings (SSSR count). The minimum atomic E-state index is -0.705. The van der Waals surface area contributed by atoms with Crippen molar-refractivity contribution in [3.63, 3.8) is 0 Å². The average molecular weight is 502 g/mol. The molecule has 0 unspecified atom stereocenters. The van der Waals surface area contributed by atoms with Crippen molar-refractivity contribution in [1.29, 1.82) is 0 Å². The van der Waals surface area contributed by atoms with Crippen LogP contribution in [-0.4, -0.2) is 49.2 Å². The van der Waals surface area contributed by atoms with Gasteiger partial charge >= 0.3 is 0 Å². The van der Waals surface area contributed by atoms with Crippen molar-refractivity contribution in [3.8, 4) is 23.0 Å². The predicted molar refractivity (Wildman–Crippen MR) is 132 cm³/mol. The molecular formula is C26H24FN7O3. The topological polar surface area (TPSA) is 138 Å². The van der Waals surface area contributed by atoms with Crippen LogP contribution in [0.25, 0.3) is 17.2 Å². The lowest BCUT2D eigenvalue weighted by Gasteiger charge is -2.35. The summed E-state index contributed by atoms with van der Waals surface area (Å²) in [6, 6.07) is 14.3. The van der Waals surface area contributed by atoms with E-state index in [2.05, 4.69) is 25.5 Å². The van der Waals surface area contributed by atoms with E-state index in [9.17, 15) is 14.0 Å². The van der Waals surface area contributed by atoms with Crippen LogP contribution < -0.4 is 15.8 Å². The third-order valence-electron chi connectivity index (χ3n) is 6.13. The maximum Gasteiger partial charge on any atom is 0.270 e. The van der Waals surface area contributed by atoms with E-state index < -0.39 is 17.6 Å². The van der Waals surface area contributed by atoms with Crippen LogP contribution in [0.15, 0.2) is 60.8 Å². The van der Waals surface area contributed by atoms with Gasteiger partial charge in [0.1, 0.15) is 34.5 Å². The highest BCUT2D eigenvalue weighted by atomic mass is 19.1. The molecule has 1 aliphatic carbocycles. The Bertz CT molecular complexity index is 1450. The second-order valence-corrected chi connectivity index (χ2v) is 8.59. The monoisotopic (exact) mass is 501 g/mol. The minimum absolute atomic E-state index is 0.0209. The molecule has 188 valence electrons. The Balaban J connectivity index is 1.38. The lowest BCUT2D eigenvalue weighted by molar-refractivity contribution is 0.0902. The fraction of sp³-hybridized carbons (Fsp3) is 0.231. The first-order chi connectivity index (χ1) is 17.9. The molecule has 10 nitrogen and oxygen atoms in total. The summed E-state index contributed by atoms with van der Waals surface area (Å²) in [5.41, 5.74) is 6.22. The number of ether oxygens (including phenoxy) is 1. The highest BCUT2D eigenvalue weighted by Crippen LogP contribution is 2.39. The van der Waals surface area contributed by atoms with Gasteiger partial charge in [0, 0.05) is 12.0 Å². The largest absolute Gasteiger partial charge is 0.492 e. The van der Waals surface area contributed by atoms with Gasteiger partial charge in [0.2, 0.25) is 0 Å². The lowest BCUT2D eigenvalue weighted by atomic mass is 9.79. The molecule has 3 heterocycles. The van der Waals surface area contributed by atoms with E-state index in [1.54, 1.807) is 47.2 Å². The van der Waals surface area contributed by atoms with Gasteiger partial charge in [0.15, 0.2) is 5.82 Å². The number of nitrogens with one attached hydrogen (secondary N) is 1. The van der Waals surface area contributed by atoms with Gasteiger partial charge in [-0.15, -0.1) is 10.2 Å². The van der Waals surface area contributed by atoms with Crippen LogP contribution in [0.5, 0.6) is 5.75 Å². The standard InChI is InChI=1S/C26H24FN7O3/c1-2-37-17-10-11-20(29-14-17)25-33-32-24(34(25)22-9-4-3-6-18(22)27)15-12-16(13-15)30-26(36)21-8-5-7-19(31-21)23(28)35/h3-11,14-16H,2,12-13H2,1H3,(H2,28,35)(H,30,36). The molecule has 11 heteroatoms. The van der Waals surface area contributed by atoms with Crippen molar-refractivity contribution in [2.75, 3.05) is 6.61 Å². The fourth-order valence-corrected chi connectivity index (χ4v) is 4.27. The van der Waals surface area contributed by atoms with Crippen molar-refractivity contribution >= 4 is 11.8 Å². The number of primary amides is 1. The number of aromatic nitrogens is 5. The van der Waals surface area contributed by atoms with Crippen LogP contribution in [0, 0.1) is 5.82 Å². The number of nitrogens with two attached hydrogens (primary N) is 1. The fourth-order valence-electron chi connectivity index (χ4n) is 4.27. The molecular weight excluding hydrogens is 477 g/mol. The molecule has 1 saturated carbocycles. The van der Waals surface area contributed by atoms with Crippen molar-refractivity contribution < 1.29 is 18.7 Å². The molecule has 4 aromatic rings. The van der Waals surface area contributed by atoms with E-state index >= 15 is 0 Å². The zero-order valence-corrected chi connectivity index (χ0v) is 20.0. The summed E-state index contributed by atoms with van der Waals surface area (Å²) in [5.74, 6) is 0.0132. The Labute approximate surface area is 211 Å². The number of hydrogen-bond acceptors (Lipinski definition) is 7. The second-order valence-electron chi connectivity index (χ2n) is 8.59. The van der Waals surface area contributed by atoms with Gasteiger partial charge in [-0.25, -0.2) is 14.4 Å². The number of benzene rings is 1. The van der Waals surface area contributed by atoms with E-state index in [1.807, 2.05) is 6.92 Å². The van der Waals surface area contributed by atoms with Gasteiger partial charge in [-0.1, -0.05) is 18.2 Å². The number of rotatable bonds is 8. The number of carbonyl (C=O) groups is 2. The van der Waals surface area contributed by atoms with E-state index in [0.29, 0.717) is 48.2 Å². The maximum absolute atomic E-state index is 14.9. The van der Waals surface area contributed by atoms with E-state index in [4.69, 9.17) is 10.5 Å². The summed E-state index contributed by atoms with van der Waals surface area (Å²) in [6.07, 6.45) is 2.74. The summed E-state index contributed by atoms with van der Waals surface area (Å²) in [6.45, 7) is 2.40. The van der Waals surface area contributed by atoms with E-state index in [-0.39, 0.29) is 23.3 Å². The van der Waals surface area contributed by atoms with Crippen LogP contribution in [0.1, 0.15) is 52.5 Å². The highest BCUT2D eigenvalue weighted by Gasteiger charge is 2.36. The normalized spacial score (nSPS) is 16.6. The van der Waals surface area contributed by atoms with Gasteiger partial charge in [0.05, 0.1) is 18.5 Å². The third kappa shape index (κ3) is 4.88. The molecule has 37 heavy (non-hydrogen) atoms. The summed E-state index contributed by atoms with van der Waals surface area (Å²) < 4.78 is 22.0. The quantitative estimate of drug-likeness (QED) is 0.378. The summed E-state index contributed by atoms with van der Waals surface area (Å²) in [4.78, 5) is 32.4. The van der Waals surface area contributed by atoms with Crippen LogP contribution in [0.4, 0.5) is 4.39 Å². The molecule has 0 radical (unpaired) electrons. The Morgan fingerprint density at radius 3 is 2.57 bits per heavy atom. The highest BCUT2D eigenvalue weighted by molar-refractivity contribution is 5.95. The van der Waals surface area contributed by atoms with Crippen LogP contribution >= 0.6 is 0 Å². The molecule has 1 aromatic carbocycles. The SMILES string of the molecule is CCOc1ccc(-c2nnc(C3CC(NC(=O)c4cccc(C(N)=O)n4)C3)n2-c2ccccc2F)nc1. The number of pyridine rings is 2. The minimum Gasteiger partial charge on any atom is -0.492 e. The average Bonchev–Trinajstić information content (AvgIpc) is 3.31. The van der Waals surface area contributed by atoms with Crippen molar-refractivity contribution in [2.45, 2.75) is 31.7 Å². The van der Waals surface area contributed by atoms with Gasteiger partial charge in [-0.05, 0) is 56.2 Å². The van der Waals surface area contributed by atoms with Gasteiger partial charge in [-0.3, -0.25) is 14.2 Å². The zero-order chi connectivity index (χ0) is 25.9. The Hall–Kier alpha value is -4.67. The summed E-state index contributed by atoms with van der Waals surface area (Å²) >= 11 is 0. The molecule has 3 aromatic heterocycles. The van der Waals surface area contributed by atoms with E-state index in [1.165, 1.54) is 18.2 Å². The predicted octanol–water partition coefficient (Wildman–Crippen LogP) is 3.04. The van der Waals surface area contributed by atoms with Crippen LogP contribution in [0.3, 0.4) is 0 Å². The van der Waals surface area contributed by atoms with Crippen LogP contribution in [0.2, 0.25) is 0 Å². The molecule has 1 fully saturated rings. The first-order valence-corrected chi connectivity index (χ1v) is 11.8.